The number of carbonyl (C=O) groups is 1. The highest BCUT2D eigenvalue weighted by molar-refractivity contribution is 5.66. The third kappa shape index (κ3) is 4.69. The molecule has 98 valence electrons. The van der Waals surface area contributed by atoms with Crippen LogP contribution in [0, 0.1) is 11.3 Å². The summed E-state index contributed by atoms with van der Waals surface area (Å²) in [6.07, 6.45) is -2.53. The van der Waals surface area contributed by atoms with Gasteiger partial charge in [-0.1, -0.05) is 0 Å². The summed E-state index contributed by atoms with van der Waals surface area (Å²) in [4.78, 5) is 10.9. The van der Waals surface area contributed by atoms with Crippen LogP contribution in [0.2, 0.25) is 0 Å². The number of hydrogen-bond acceptors (Lipinski definition) is 6. The maximum Gasteiger partial charge on any atom is 0.302 e. The monoisotopic (exact) mass is 245 g/mol. The molecule has 0 heterocycles. The van der Waals surface area contributed by atoms with Crippen LogP contribution in [0.3, 0.4) is 0 Å². The molecule has 0 aromatic heterocycles. The van der Waals surface area contributed by atoms with Crippen LogP contribution in [0.25, 0.3) is 0 Å². The van der Waals surface area contributed by atoms with Crippen molar-refractivity contribution in [1.29, 1.82) is 5.26 Å². The van der Waals surface area contributed by atoms with Gasteiger partial charge in [-0.05, 0) is 6.92 Å². The standard InChI is InChI=1S/C11H19NO5/c1-7(17-8(2)13)10(15-4)11(16-5)9(6-12)14-3/h7,9-11H,1-5H3. The molecular formula is C11H19NO5. The molecule has 17 heavy (non-hydrogen) atoms. The average molecular weight is 245 g/mol. The third-order valence-corrected chi connectivity index (χ3v) is 2.36. The first-order valence-corrected chi connectivity index (χ1v) is 5.17. The van der Waals surface area contributed by atoms with E-state index in [9.17, 15) is 4.79 Å². The SMILES string of the molecule is COC(C#N)C(OC)C(OC)C(C)OC(C)=O. The number of esters is 1. The van der Waals surface area contributed by atoms with Crippen molar-refractivity contribution in [3.05, 3.63) is 0 Å². The minimum absolute atomic E-state index is 0.416. The lowest BCUT2D eigenvalue weighted by atomic mass is 10.0. The molecule has 0 aliphatic heterocycles. The van der Waals surface area contributed by atoms with E-state index in [0.717, 1.165) is 0 Å². The van der Waals surface area contributed by atoms with Crippen LogP contribution in [-0.2, 0) is 23.7 Å². The summed E-state index contributed by atoms with van der Waals surface area (Å²) in [5.74, 6) is -0.416. The molecule has 0 amide bonds. The minimum atomic E-state index is -0.789. The third-order valence-electron chi connectivity index (χ3n) is 2.36. The maximum absolute atomic E-state index is 10.9. The van der Waals surface area contributed by atoms with Crippen molar-refractivity contribution in [2.45, 2.75) is 38.3 Å². The van der Waals surface area contributed by atoms with Gasteiger partial charge in [0.2, 0.25) is 0 Å². The minimum Gasteiger partial charge on any atom is -0.460 e. The largest absolute Gasteiger partial charge is 0.460 e. The van der Waals surface area contributed by atoms with Gasteiger partial charge in [-0.25, -0.2) is 0 Å². The zero-order valence-electron chi connectivity index (χ0n) is 10.8. The summed E-state index contributed by atoms with van der Waals surface area (Å²) in [5, 5.41) is 8.92. The molecule has 4 atom stereocenters. The Hall–Kier alpha value is -1.16. The van der Waals surface area contributed by atoms with Gasteiger partial charge in [-0.2, -0.15) is 5.26 Å². The molecule has 6 nitrogen and oxygen atoms in total. The van der Waals surface area contributed by atoms with Gasteiger partial charge in [0, 0.05) is 28.3 Å². The van der Waals surface area contributed by atoms with Crippen LogP contribution >= 0.6 is 0 Å². The molecule has 0 aliphatic carbocycles. The van der Waals surface area contributed by atoms with Gasteiger partial charge in [0.25, 0.3) is 0 Å². The lowest BCUT2D eigenvalue weighted by molar-refractivity contribution is -0.165. The van der Waals surface area contributed by atoms with E-state index in [1.807, 2.05) is 6.07 Å². The van der Waals surface area contributed by atoms with E-state index >= 15 is 0 Å². The Morgan fingerprint density at radius 1 is 1.12 bits per heavy atom. The van der Waals surface area contributed by atoms with Gasteiger partial charge in [-0.3, -0.25) is 4.79 Å². The number of carbonyl (C=O) groups excluding carboxylic acids is 1. The average Bonchev–Trinajstić information content (AvgIpc) is 2.28. The summed E-state index contributed by atoms with van der Waals surface area (Å²) >= 11 is 0. The second-order valence-corrected chi connectivity index (χ2v) is 3.50. The second kappa shape index (κ2) is 8.01. The van der Waals surface area contributed by atoms with Gasteiger partial charge in [0.05, 0.1) is 6.07 Å². The number of rotatable bonds is 7. The highest BCUT2D eigenvalue weighted by Crippen LogP contribution is 2.15. The van der Waals surface area contributed by atoms with Crippen LogP contribution in [0.15, 0.2) is 0 Å². The van der Waals surface area contributed by atoms with E-state index in [-0.39, 0.29) is 0 Å². The molecule has 4 unspecified atom stereocenters. The highest BCUT2D eigenvalue weighted by atomic mass is 16.6. The molecule has 0 saturated heterocycles. The van der Waals surface area contributed by atoms with Gasteiger partial charge >= 0.3 is 5.97 Å². The van der Waals surface area contributed by atoms with Crippen molar-refractivity contribution < 1.29 is 23.7 Å². The van der Waals surface area contributed by atoms with Crippen molar-refractivity contribution in [2.75, 3.05) is 21.3 Å². The molecule has 0 fully saturated rings. The van der Waals surface area contributed by atoms with E-state index in [0.29, 0.717) is 0 Å². The Labute approximate surface area is 101 Å². The molecule has 6 heteroatoms. The topological polar surface area (TPSA) is 77.8 Å². The fourth-order valence-electron chi connectivity index (χ4n) is 1.61. The Morgan fingerprint density at radius 2 is 1.65 bits per heavy atom. The summed E-state index contributed by atoms with van der Waals surface area (Å²) in [5.41, 5.74) is 0. The summed E-state index contributed by atoms with van der Waals surface area (Å²) in [6.45, 7) is 2.98. The molecule has 0 rings (SSSR count). The predicted molar refractivity (Wildman–Crippen MR) is 59.2 cm³/mol. The summed E-state index contributed by atoms with van der Waals surface area (Å²) in [7, 11) is 4.31. The zero-order chi connectivity index (χ0) is 13.4. The number of ether oxygens (including phenoxy) is 4. The molecule has 0 saturated carbocycles. The molecule has 0 spiro atoms. The van der Waals surface area contributed by atoms with E-state index in [1.165, 1.54) is 28.3 Å². The molecule has 0 radical (unpaired) electrons. The molecule has 0 aromatic rings. The number of hydrogen-bond donors (Lipinski definition) is 0. The molecule has 0 bridgehead atoms. The van der Waals surface area contributed by atoms with Crippen molar-refractivity contribution in [3.8, 4) is 6.07 Å². The Bertz CT molecular complexity index is 276. The molecule has 0 aliphatic rings. The number of methoxy groups -OCH3 is 3. The summed E-state index contributed by atoms with van der Waals surface area (Å²) in [6, 6.07) is 1.96. The Morgan fingerprint density at radius 3 is 1.94 bits per heavy atom. The number of nitriles is 1. The number of nitrogens with zero attached hydrogens (tertiary/aromatic N) is 1. The van der Waals surface area contributed by atoms with Crippen LogP contribution in [0.4, 0.5) is 0 Å². The van der Waals surface area contributed by atoms with E-state index in [4.69, 9.17) is 24.2 Å². The van der Waals surface area contributed by atoms with Crippen molar-refractivity contribution in [2.24, 2.45) is 0 Å². The first-order chi connectivity index (χ1) is 8.01. The Balaban J connectivity index is 4.80. The second-order valence-electron chi connectivity index (χ2n) is 3.50. The van der Waals surface area contributed by atoms with Gasteiger partial charge in [0.15, 0.2) is 6.10 Å². The van der Waals surface area contributed by atoms with Crippen molar-refractivity contribution >= 4 is 5.97 Å². The lowest BCUT2D eigenvalue weighted by Gasteiger charge is -2.31. The smallest absolute Gasteiger partial charge is 0.302 e. The van der Waals surface area contributed by atoms with Crippen molar-refractivity contribution in [3.63, 3.8) is 0 Å². The predicted octanol–water partition coefficient (Wildman–Crippen LogP) is 0.507. The fraction of sp³-hybridized carbons (Fsp3) is 0.818. The quantitative estimate of drug-likeness (QED) is 0.608. The van der Waals surface area contributed by atoms with Gasteiger partial charge < -0.3 is 18.9 Å². The molecule has 0 aromatic carbocycles. The normalized spacial score (nSPS) is 17.6. The van der Waals surface area contributed by atoms with Crippen LogP contribution in [0.5, 0.6) is 0 Å². The lowest BCUT2D eigenvalue weighted by Crippen LogP contribution is -2.47. The molecule has 0 N–H and O–H groups in total. The van der Waals surface area contributed by atoms with Crippen LogP contribution in [-0.4, -0.2) is 51.7 Å². The first-order valence-electron chi connectivity index (χ1n) is 5.17. The Kier molecular flexibility index (Phi) is 7.46. The van der Waals surface area contributed by atoms with Gasteiger partial charge in [-0.15, -0.1) is 0 Å². The fourth-order valence-corrected chi connectivity index (χ4v) is 1.61. The van der Waals surface area contributed by atoms with Gasteiger partial charge in [0.1, 0.15) is 18.3 Å². The van der Waals surface area contributed by atoms with Crippen molar-refractivity contribution in [1.82, 2.24) is 0 Å². The zero-order valence-corrected chi connectivity index (χ0v) is 10.8. The van der Waals surface area contributed by atoms with E-state index in [2.05, 4.69) is 0 Å². The van der Waals surface area contributed by atoms with Crippen LogP contribution in [0.1, 0.15) is 13.8 Å². The van der Waals surface area contributed by atoms with Crippen LogP contribution < -0.4 is 0 Å². The van der Waals surface area contributed by atoms with E-state index < -0.39 is 30.4 Å². The summed E-state index contributed by atoms with van der Waals surface area (Å²) < 4.78 is 20.4. The highest BCUT2D eigenvalue weighted by Gasteiger charge is 2.35. The maximum atomic E-state index is 10.9. The first kappa shape index (κ1) is 15.8. The van der Waals surface area contributed by atoms with E-state index in [1.54, 1.807) is 6.92 Å². The molecular weight excluding hydrogens is 226 g/mol.